The van der Waals surface area contributed by atoms with E-state index in [4.69, 9.17) is 4.74 Å². The van der Waals surface area contributed by atoms with Gasteiger partial charge in [0.1, 0.15) is 5.60 Å². The van der Waals surface area contributed by atoms with Crippen LogP contribution >= 0.6 is 22.6 Å². The number of rotatable bonds is 3. The second kappa shape index (κ2) is 3.40. The smallest absolute Gasteiger partial charge is 0.307 e. The molecule has 1 spiro atoms. The van der Waals surface area contributed by atoms with Gasteiger partial charge in [-0.2, -0.15) is 0 Å². The van der Waals surface area contributed by atoms with Crippen molar-refractivity contribution in [3.05, 3.63) is 0 Å². The highest BCUT2D eigenvalue weighted by Crippen LogP contribution is 2.77. The first-order valence-electron chi connectivity index (χ1n) is 6.94. The quantitative estimate of drug-likeness (QED) is 0.445. The second-order valence-corrected chi connectivity index (χ2v) is 7.93. The zero-order valence-corrected chi connectivity index (χ0v) is 12.2. The van der Waals surface area contributed by atoms with Crippen LogP contribution in [0.2, 0.25) is 0 Å². The number of ether oxygens (including phenoxy) is 1. The molecule has 0 N–H and O–H groups in total. The van der Waals surface area contributed by atoms with Crippen molar-refractivity contribution < 1.29 is 9.53 Å². The minimum absolute atomic E-state index is 0.0261. The van der Waals surface area contributed by atoms with Crippen LogP contribution in [0, 0.1) is 23.2 Å². The summed E-state index contributed by atoms with van der Waals surface area (Å²) in [5, 5.41) is 0. The van der Waals surface area contributed by atoms with Crippen molar-refractivity contribution in [2.75, 3.05) is 4.43 Å². The molecule has 4 aliphatic carbocycles. The van der Waals surface area contributed by atoms with Crippen LogP contribution in [0.15, 0.2) is 0 Å². The van der Waals surface area contributed by atoms with E-state index in [-0.39, 0.29) is 11.6 Å². The molecular weight excluding hydrogens is 327 g/mol. The van der Waals surface area contributed by atoms with Gasteiger partial charge in [-0.15, -0.1) is 0 Å². The number of hydrogen-bond acceptors (Lipinski definition) is 2. The van der Waals surface area contributed by atoms with Gasteiger partial charge in [0.2, 0.25) is 0 Å². The molecule has 4 saturated carbocycles. The maximum Gasteiger partial charge on any atom is 0.307 e. The van der Waals surface area contributed by atoms with Gasteiger partial charge in [-0.05, 0) is 61.7 Å². The average Bonchev–Trinajstić information content (AvgIpc) is 2.55. The Labute approximate surface area is 116 Å². The number of alkyl halides is 1. The Bertz CT molecular complexity index is 378. The predicted molar refractivity (Wildman–Crippen MR) is 72.9 cm³/mol. The number of carbonyl (C=O) groups is 1. The summed E-state index contributed by atoms with van der Waals surface area (Å²) < 4.78 is 6.82. The predicted octanol–water partition coefficient (Wildman–Crippen LogP) is 3.32. The van der Waals surface area contributed by atoms with Crippen molar-refractivity contribution in [2.45, 2.75) is 50.5 Å². The number of halogens is 1. The first kappa shape index (κ1) is 11.1. The van der Waals surface area contributed by atoms with Gasteiger partial charge in [-0.3, -0.25) is 4.79 Å². The summed E-state index contributed by atoms with van der Waals surface area (Å²) in [5.74, 6) is 2.81. The topological polar surface area (TPSA) is 26.3 Å². The van der Waals surface area contributed by atoms with Crippen LogP contribution in [0.3, 0.4) is 0 Å². The molecule has 0 radical (unpaired) electrons. The molecule has 4 aliphatic rings. The van der Waals surface area contributed by atoms with Crippen LogP contribution in [-0.4, -0.2) is 16.0 Å². The van der Waals surface area contributed by atoms with E-state index in [0.29, 0.717) is 11.8 Å². The van der Waals surface area contributed by atoms with Gasteiger partial charge in [-0.1, -0.05) is 22.6 Å². The molecule has 0 aromatic heterocycles. The van der Waals surface area contributed by atoms with Crippen LogP contribution in [0.25, 0.3) is 0 Å². The lowest BCUT2D eigenvalue weighted by Gasteiger charge is -2.49. The fourth-order valence-corrected chi connectivity index (χ4v) is 6.21. The second-order valence-electron chi connectivity index (χ2n) is 6.85. The number of esters is 1. The molecule has 0 heterocycles. The highest BCUT2D eigenvalue weighted by molar-refractivity contribution is 14.1. The van der Waals surface area contributed by atoms with E-state index in [2.05, 4.69) is 22.6 Å². The minimum atomic E-state index is -0.0261. The van der Waals surface area contributed by atoms with E-state index in [9.17, 15) is 4.79 Å². The van der Waals surface area contributed by atoms with Crippen molar-refractivity contribution in [1.29, 1.82) is 0 Å². The van der Waals surface area contributed by atoms with Gasteiger partial charge in [0.25, 0.3) is 0 Å². The normalized spacial score (nSPS) is 53.4. The van der Waals surface area contributed by atoms with E-state index in [0.717, 1.165) is 22.2 Å². The first-order chi connectivity index (χ1) is 8.16. The zero-order valence-electron chi connectivity index (χ0n) is 10.1. The van der Waals surface area contributed by atoms with Gasteiger partial charge in [-0.25, -0.2) is 0 Å². The Morgan fingerprint density at radius 1 is 1.24 bits per heavy atom. The molecule has 5 unspecified atom stereocenters. The van der Waals surface area contributed by atoms with Gasteiger partial charge in [0.05, 0.1) is 6.42 Å². The highest BCUT2D eigenvalue weighted by atomic mass is 127. The molecule has 94 valence electrons. The van der Waals surface area contributed by atoms with Crippen molar-refractivity contribution in [1.82, 2.24) is 0 Å². The molecule has 2 nitrogen and oxygen atoms in total. The van der Waals surface area contributed by atoms with E-state index in [1.54, 1.807) is 0 Å². The Hall–Kier alpha value is 0.200. The first-order valence-corrected chi connectivity index (χ1v) is 8.46. The Morgan fingerprint density at radius 3 is 2.94 bits per heavy atom. The van der Waals surface area contributed by atoms with Crippen LogP contribution in [0.5, 0.6) is 0 Å². The Balaban J connectivity index is 1.58. The van der Waals surface area contributed by atoms with Gasteiger partial charge in [0, 0.05) is 4.43 Å². The van der Waals surface area contributed by atoms with Crippen molar-refractivity contribution in [2.24, 2.45) is 23.2 Å². The lowest BCUT2D eigenvalue weighted by Crippen LogP contribution is -2.43. The lowest BCUT2D eigenvalue weighted by molar-refractivity contribution is -0.162. The molecule has 5 atom stereocenters. The standard InChI is InChI=1S/C14H19IO2/c15-2-1-12(16)17-13-5-9-3-10-4-11(7-13)14(10,6-9)8-13/h9-11H,1-8H2. The van der Waals surface area contributed by atoms with E-state index >= 15 is 0 Å². The van der Waals surface area contributed by atoms with E-state index in [1.807, 2.05) is 0 Å². The highest BCUT2D eigenvalue weighted by Gasteiger charge is 2.72. The largest absolute Gasteiger partial charge is 0.459 e. The molecule has 0 aliphatic heterocycles. The number of carbonyl (C=O) groups excluding carboxylic acids is 1. The molecule has 0 saturated heterocycles. The lowest BCUT2D eigenvalue weighted by atomic mass is 9.56. The molecule has 0 aromatic rings. The zero-order chi connectivity index (χ0) is 11.7. The molecule has 0 amide bonds. The van der Waals surface area contributed by atoms with Gasteiger partial charge in [0.15, 0.2) is 0 Å². The summed E-state index contributed by atoms with van der Waals surface area (Å²) in [6.07, 6.45) is 8.48. The maximum atomic E-state index is 11.8. The molecule has 3 heteroatoms. The Morgan fingerprint density at radius 2 is 2.12 bits per heavy atom. The van der Waals surface area contributed by atoms with Gasteiger partial charge < -0.3 is 4.74 Å². The van der Waals surface area contributed by atoms with Crippen molar-refractivity contribution in [3.63, 3.8) is 0 Å². The molecule has 4 fully saturated rings. The number of fused-ring (bicyclic) bond motifs is 2. The monoisotopic (exact) mass is 346 g/mol. The van der Waals surface area contributed by atoms with Crippen LogP contribution < -0.4 is 0 Å². The SMILES string of the molecule is O=C(CCI)OC12CC3CC4CC(C1)C4(C3)C2. The Kier molecular flexibility index (Phi) is 2.21. The van der Waals surface area contributed by atoms with Crippen LogP contribution in [-0.2, 0) is 9.53 Å². The molecule has 17 heavy (non-hydrogen) atoms. The maximum absolute atomic E-state index is 11.8. The van der Waals surface area contributed by atoms with Crippen molar-refractivity contribution >= 4 is 28.6 Å². The average molecular weight is 346 g/mol. The molecule has 4 rings (SSSR count). The van der Waals surface area contributed by atoms with Crippen LogP contribution in [0.4, 0.5) is 0 Å². The summed E-state index contributed by atoms with van der Waals surface area (Å²) in [6.45, 7) is 0. The molecular formula is C14H19IO2. The summed E-state index contributed by atoms with van der Waals surface area (Å²) >= 11 is 2.25. The molecule has 3 bridgehead atoms. The van der Waals surface area contributed by atoms with E-state index < -0.39 is 0 Å². The minimum Gasteiger partial charge on any atom is -0.459 e. The van der Waals surface area contributed by atoms with Gasteiger partial charge >= 0.3 is 5.97 Å². The fourth-order valence-electron chi connectivity index (χ4n) is 5.77. The van der Waals surface area contributed by atoms with Crippen LogP contribution in [0.1, 0.15) is 44.9 Å². The summed E-state index contributed by atoms with van der Waals surface area (Å²) in [4.78, 5) is 11.8. The number of hydrogen-bond donors (Lipinski definition) is 0. The molecule has 0 aromatic carbocycles. The third kappa shape index (κ3) is 1.35. The van der Waals surface area contributed by atoms with E-state index in [1.165, 1.54) is 38.5 Å². The third-order valence-electron chi connectivity index (χ3n) is 6.04. The third-order valence-corrected chi connectivity index (χ3v) is 6.58. The summed E-state index contributed by atoms with van der Waals surface area (Å²) in [7, 11) is 0. The van der Waals surface area contributed by atoms with Crippen molar-refractivity contribution in [3.8, 4) is 0 Å². The summed E-state index contributed by atoms with van der Waals surface area (Å²) in [6, 6.07) is 0. The fraction of sp³-hybridized carbons (Fsp3) is 0.929. The summed E-state index contributed by atoms with van der Waals surface area (Å²) in [5.41, 5.74) is 0.606.